The molecule has 0 unspecified atom stereocenters. The van der Waals surface area contributed by atoms with Crippen LogP contribution in [0.3, 0.4) is 0 Å². The van der Waals surface area contributed by atoms with Gasteiger partial charge in [-0.25, -0.2) is 0 Å². The summed E-state index contributed by atoms with van der Waals surface area (Å²) in [6.07, 6.45) is 0. The van der Waals surface area contributed by atoms with Gasteiger partial charge in [0.1, 0.15) is 0 Å². The standard InChI is InChI=1S/C12H15ClNO/c1-12(2,3)8-14-11(15)9-4-6-10(13)7-5-9/h4-7H,1,8H2,2-3H3,(H,14,15). The van der Waals surface area contributed by atoms with E-state index in [9.17, 15) is 4.79 Å². The molecule has 2 nitrogen and oxygen atoms in total. The van der Waals surface area contributed by atoms with Crippen molar-refractivity contribution >= 4 is 17.5 Å². The lowest BCUT2D eigenvalue weighted by molar-refractivity contribution is 0.0942. The average Bonchev–Trinajstić information content (AvgIpc) is 2.14. The highest BCUT2D eigenvalue weighted by Crippen LogP contribution is 2.12. The van der Waals surface area contributed by atoms with Crippen molar-refractivity contribution in [2.75, 3.05) is 6.54 Å². The fourth-order valence-electron chi connectivity index (χ4n) is 1.02. The second-order valence-electron chi connectivity index (χ2n) is 4.35. The predicted octanol–water partition coefficient (Wildman–Crippen LogP) is 2.93. The Hall–Kier alpha value is -1.02. The molecule has 0 bridgehead atoms. The highest BCUT2D eigenvalue weighted by atomic mass is 35.5. The Bertz CT molecular complexity index is 338. The molecule has 0 aliphatic heterocycles. The minimum absolute atomic E-state index is 0.0941. The van der Waals surface area contributed by atoms with E-state index < -0.39 is 0 Å². The minimum Gasteiger partial charge on any atom is -0.352 e. The molecule has 3 heteroatoms. The second-order valence-corrected chi connectivity index (χ2v) is 4.79. The van der Waals surface area contributed by atoms with E-state index in [1.807, 2.05) is 13.8 Å². The quantitative estimate of drug-likeness (QED) is 0.841. The molecule has 15 heavy (non-hydrogen) atoms. The fraction of sp³-hybridized carbons (Fsp3) is 0.333. The molecule has 0 aliphatic rings. The number of benzene rings is 1. The molecule has 0 saturated carbocycles. The van der Waals surface area contributed by atoms with Gasteiger partial charge in [-0.3, -0.25) is 4.79 Å². The molecular formula is C12H15ClNO. The summed E-state index contributed by atoms with van der Waals surface area (Å²) in [6, 6.07) is 6.80. The number of carbonyl (C=O) groups is 1. The van der Waals surface area contributed by atoms with Crippen molar-refractivity contribution in [3.8, 4) is 0 Å². The third-order valence-corrected chi connectivity index (χ3v) is 2.09. The lowest BCUT2D eigenvalue weighted by atomic mass is 9.97. The van der Waals surface area contributed by atoms with Crippen molar-refractivity contribution < 1.29 is 4.79 Å². The summed E-state index contributed by atoms with van der Waals surface area (Å²) >= 11 is 5.72. The number of rotatable bonds is 3. The van der Waals surface area contributed by atoms with Crippen molar-refractivity contribution in [2.45, 2.75) is 13.8 Å². The molecule has 81 valence electrons. The Morgan fingerprint density at radius 1 is 1.40 bits per heavy atom. The first-order valence-electron chi connectivity index (χ1n) is 4.78. The maximum absolute atomic E-state index is 11.6. The van der Waals surface area contributed by atoms with Crippen molar-refractivity contribution in [3.05, 3.63) is 41.8 Å². The van der Waals surface area contributed by atoms with E-state index in [1.165, 1.54) is 0 Å². The summed E-state index contributed by atoms with van der Waals surface area (Å²) in [5, 5.41) is 3.44. The summed E-state index contributed by atoms with van der Waals surface area (Å²) in [5.41, 5.74) is 0.464. The monoisotopic (exact) mass is 224 g/mol. The van der Waals surface area contributed by atoms with Crippen LogP contribution in [0.25, 0.3) is 0 Å². The number of hydrogen-bond donors (Lipinski definition) is 1. The van der Waals surface area contributed by atoms with E-state index in [1.54, 1.807) is 24.3 Å². The van der Waals surface area contributed by atoms with Gasteiger partial charge in [-0.1, -0.05) is 25.4 Å². The second kappa shape index (κ2) is 4.67. The van der Waals surface area contributed by atoms with Crippen LogP contribution in [0.5, 0.6) is 0 Å². The van der Waals surface area contributed by atoms with E-state index in [2.05, 4.69) is 12.2 Å². The number of halogens is 1. The van der Waals surface area contributed by atoms with Crippen LogP contribution in [0, 0.1) is 12.3 Å². The molecule has 0 fully saturated rings. The largest absolute Gasteiger partial charge is 0.352 e. The topological polar surface area (TPSA) is 29.1 Å². The Morgan fingerprint density at radius 3 is 2.40 bits per heavy atom. The summed E-state index contributed by atoms with van der Waals surface area (Å²) < 4.78 is 0. The van der Waals surface area contributed by atoms with Gasteiger partial charge in [-0.05, 0) is 36.6 Å². The number of hydrogen-bond acceptors (Lipinski definition) is 1. The van der Waals surface area contributed by atoms with Gasteiger partial charge in [-0.2, -0.15) is 0 Å². The van der Waals surface area contributed by atoms with Crippen LogP contribution in [0.4, 0.5) is 0 Å². The van der Waals surface area contributed by atoms with Crippen LogP contribution < -0.4 is 5.32 Å². The summed E-state index contributed by atoms with van der Waals surface area (Å²) in [7, 11) is 0. The van der Waals surface area contributed by atoms with Crippen molar-refractivity contribution in [2.24, 2.45) is 5.41 Å². The van der Waals surface area contributed by atoms with E-state index in [4.69, 9.17) is 11.6 Å². The van der Waals surface area contributed by atoms with Gasteiger partial charge < -0.3 is 5.32 Å². The number of carbonyl (C=O) groups excluding carboxylic acids is 1. The highest BCUT2D eigenvalue weighted by molar-refractivity contribution is 6.30. The van der Waals surface area contributed by atoms with Gasteiger partial charge in [0, 0.05) is 17.1 Å². The van der Waals surface area contributed by atoms with Gasteiger partial charge in [0.05, 0.1) is 0 Å². The molecule has 0 aromatic heterocycles. The highest BCUT2D eigenvalue weighted by Gasteiger charge is 2.12. The van der Waals surface area contributed by atoms with Crippen LogP contribution in [0.2, 0.25) is 5.02 Å². The van der Waals surface area contributed by atoms with Crippen LogP contribution in [-0.2, 0) is 0 Å². The number of nitrogens with one attached hydrogen (secondary N) is 1. The average molecular weight is 225 g/mol. The molecule has 1 N–H and O–H groups in total. The molecule has 1 aromatic carbocycles. The van der Waals surface area contributed by atoms with E-state index in [0.29, 0.717) is 17.1 Å². The van der Waals surface area contributed by atoms with E-state index in [-0.39, 0.29) is 11.3 Å². The van der Waals surface area contributed by atoms with Crippen molar-refractivity contribution in [1.29, 1.82) is 0 Å². The van der Waals surface area contributed by atoms with Gasteiger partial charge in [0.25, 0.3) is 5.91 Å². The Kier molecular flexibility index (Phi) is 3.75. The summed E-state index contributed by atoms with van der Waals surface area (Å²) in [5.74, 6) is -0.0941. The fourth-order valence-corrected chi connectivity index (χ4v) is 1.15. The third kappa shape index (κ3) is 4.34. The van der Waals surface area contributed by atoms with Gasteiger partial charge in [0.15, 0.2) is 0 Å². The SMILES string of the molecule is [CH2]C(C)(C)CNC(=O)c1ccc(Cl)cc1. The van der Waals surface area contributed by atoms with Crippen LogP contribution >= 0.6 is 11.6 Å². The molecule has 0 spiro atoms. The summed E-state index contributed by atoms with van der Waals surface area (Å²) in [6.45, 7) is 8.40. The molecule has 0 aliphatic carbocycles. The maximum Gasteiger partial charge on any atom is 0.251 e. The smallest absolute Gasteiger partial charge is 0.251 e. The Balaban J connectivity index is 2.58. The molecule has 0 heterocycles. The summed E-state index contributed by atoms with van der Waals surface area (Å²) in [4.78, 5) is 11.6. The first-order chi connectivity index (χ1) is 6.88. The van der Waals surface area contributed by atoms with Crippen molar-refractivity contribution in [1.82, 2.24) is 5.32 Å². The van der Waals surface area contributed by atoms with Crippen molar-refractivity contribution in [3.63, 3.8) is 0 Å². The molecule has 1 radical (unpaired) electrons. The Labute approximate surface area is 95.6 Å². The van der Waals surface area contributed by atoms with Crippen LogP contribution in [0.1, 0.15) is 24.2 Å². The zero-order valence-corrected chi connectivity index (χ0v) is 9.77. The zero-order chi connectivity index (χ0) is 11.5. The molecule has 1 rings (SSSR count). The first-order valence-corrected chi connectivity index (χ1v) is 5.15. The third-order valence-electron chi connectivity index (χ3n) is 1.83. The predicted molar refractivity (Wildman–Crippen MR) is 62.9 cm³/mol. The molecule has 1 amide bonds. The van der Waals surface area contributed by atoms with Gasteiger partial charge in [0.2, 0.25) is 0 Å². The van der Waals surface area contributed by atoms with Crippen LogP contribution in [-0.4, -0.2) is 12.5 Å². The molecule has 0 atom stereocenters. The normalized spacial score (nSPS) is 11.2. The molecular weight excluding hydrogens is 210 g/mol. The van der Waals surface area contributed by atoms with Gasteiger partial charge in [-0.15, -0.1) is 0 Å². The van der Waals surface area contributed by atoms with E-state index >= 15 is 0 Å². The molecule has 0 saturated heterocycles. The number of amides is 1. The minimum atomic E-state index is -0.151. The van der Waals surface area contributed by atoms with E-state index in [0.717, 1.165) is 0 Å². The lowest BCUT2D eigenvalue weighted by Gasteiger charge is -2.18. The lowest BCUT2D eigenvalue weighted by Crippen LogP contribution is -2.32. The zero-order valence-electron chi connectivity index (χ0n) is 9.01. The Morgan fingerprint density at radius 2 is 1.93 bits per heavy atom. The van der Waals surface area contributed by atoms with Crippen LogP contribution in [0.15, 0.2) is 24.3 Å². The van der Waals surface area contributed by atoms with Gasteiger partial charge >= 0.3 is 0 Å². The maximum atomic E-state index is 11.6. The first kappa shape index (κ1) is 12.1. The molecule has 1 aromatic rings.